The van der Waals surface area contributed by atoms with E-state index < -0.39 is 5.97 Å². The molecule has 1 N–H and O–H groups in total. The minimum atomic E-state index is -0.427. The number of ether oxygens (including phenoxy) is 1. The van der Waals surface area contributed by atoms with Crippen LogP contribution in [0.25, 0.3) is 0 Å². The van der Waals surface area contributed by atoms with Crippen LogP contribution >= 0.6 is 0 Å². The van der Waals surface area contributed by atoms with Crippen LogP contribution < -0.4 is 0 Å². The summed E-state index contributed by atoms with van der Waals surface area (Å²) in [7, 11) is 1.35. The van der Waals surface area contributed by atoms with E-state index in [1.54, 1.807) is 12.1 Å². The van der Waals surface area contributed by atoms with Crippen LogP contribution in [0.5, 0.6) is 0 Å². The van der Waals surface area contributed by atoms with Gasteiger partial charge in [-0.25, -0.2) is 4.79 Å². The predicted octanol–water partition coefficient (Wildman–Crippen LogP) is 3.70. The molecule has 140 valence electrons. The van der Waals surface area contributed by atoms with Gasteiger partial charge in [0.15, 0.2) is 5.78 Å². The highest BCUT2D eigenvalue weighted by atomic mass is 16.5. The van der Waals surface area contributed by atoms with Crippen molar-refractivity contribution in [2.24, 2.45) is 5.92 Å². The third-order valence-electron chi connectivity index (χ3n) is 6.33. The van der Waals surface area contributed by atoms with Gasteiger partial charge in [0.25, 0.3) is 0 Å². The van der Waals surface area contributed by atoms with Crippen LogP contribution in [0.2, 0.25) is 0 Å². The molecule has 0 radical (unpaired) electrons. The van der Waals surface area contributed by atoms with Crippen molar-refractivity contribution >= 4 is 11.8 Å². The maximum Gasteiger partial charge on any atom is 0.337 e. The van der Waals surface area contributed by atoms with Crippen molar-refractivity contribution in [2.75, 3.05) is 7.11 Å². The van der Waals surface area contributed by atoms with E-state index in [0.29, 0.717) is 24.0 Å². The zero-order chi connectivity index (χ0) is 19.0. The Morgan fingerprint density at radius 2 is 2.00 bits per heavy atom. The Hall–Kier alpha value is -2.46. The van der Waals surface area contributed by atoms with E-state index in [1.807, 2.05) is 24.3 Å². The molecule has 0 amide bonds. The molecule has 2 aromatic carbocycles. The van der Waals surface area contributed by atoms with Gasteiger partial charge in [0.05, 0.1) is 18.8 Å². The van der Waals surface area contributed by atoms with Crippen LogP contribution in [0.15, 0.2) is 48.5 Å². The average molecular weight is 364 g/mol. The maximum absolute atomic E-state index is 12.9. The fourth-order valence-electron chi connectivity index (χ4n) is 5.01. The van der Waals surface area contributed by atoms with Crippen LogP contribution in [-0.2, 0) is 16.6 Å². The molecule has 0 saturated heterocycles. The van der Waals surface area contributed by atoms with Crippen molar-refractivity contribution in [3.8, 4) is 0 Å². The molecule has 2 aromatic rings. The molecular weight excluding hydrogens is 340 g/mol. The van der Waals surface area contributed by atoms with Gasteiger partial charge < -0.3 is 9.84 Å². The Labute approximate surface area is 159 Å². The lowest BCUT2D eigenvalue weighted by Crippen LogP contribution is -2.48. The quantitative estimate of drug-likeness (QED) is 0.844. The van der Waals surface area contributed by atoms with Gasteiger partial charge in [0, 0.05) is 17.4 Å². The van der Waals surface area contributed by atoms with E-state index >= 15 is 0 Å². The topological polar surface area (TPSA) is 63.6 Å². The number of benzene rings is 2. The molecule has 4 heteroatoms. The number of esters is 1. The highest BCUT2D eigenvalue weighted by Gasteiger charge is 2.49. The van der Waals surface area contributed by atoms with E-state index in [1.165, 1.54) is 12.7 Å². The molecular formula is C23H24O4. The second-order valence-corrected chi connectivity index (χ2v) is 7.82. The standard InChI is InChI=1S/C23H24O4/c1-27-22(26)16-7-8-20-19(11-16)21(25)13-17-12-18(24)9-10-23(17,20)14-15-5-3-2-4-6-15/h2-8,11,17-18,24H,9-10,12-14H2,1H3/t17?,18?,23-/m0/s1. The normalized spacial score (nSPS) is 26.8. The summed E-state index contributed by atoms with van der Waals surface area (Å²) in [6.07, 6.45) is 3.13. The van der Waals surface area contributed by atoms with Gasteiger partial charge in [-0.15, -0.1) is 0 Å². The Balaban J connectivity index is 1.84. The van der Waals surface area contributed by atoms with Gasteiger partial charge in [-0.05, 0) is 54.9 Å². The van der Waals surface area contributed by atoms with E-state index in [4.69, 9.17) is 4.74 Å². The summed E-state index contributed by atoms with van der Waals surface area (Å²) in [5.74, 6) is -0.257. The van der Waals surface area contributed by atoms with Crippen molar-refractivity contribution in [1.29, 1.82) is 0 Å². The molecule has 0 heterocycles. The van der Waals surface area contributed by atoms with Crippen molar-refractivity contribution in [2.45, 2.75) is 43.6 Å². The second-order valence-electron chi connectivity index (χ2n) is 7.82. The molecule has 0 spiro atoms. The van der Waals surface area contributed by atoms with Crippen LogP contribution in [0.4, 0.5) is 0 Å². The first-order chi connectivity index (χ1) is 13.0. The molecule has 4 nitrogen and oxygen atoms in total. The Kier molecular flexibility index (Phi) is 4.60. The van der Waals surface area contributed by atoms with E-state index in [-0.39, 0.29) is 23.2 Å². The molecule has 1 fully saturated rings. The third kappa shape index (κ3) is 3.08. The van der Waals surface area contributed by atoms with E-state index in [2.05, 4.69) is 12.1 Å². The summed E-state index contributed by atoms with van der Waals surface area (Å²) in [4.78, 5) is 24.8. The second kappa shape index (κ2) is 6.93. The van der Waals surface area contributed by atoms with Crippen molar-refractivity contribution in [3.63, 3.8) is 0 Å². The van der Waals surface area contributed by atoms with Crippen molar-refractivity contribution in [1.82, 2.24) is 0 Å². The fraction of sp³-hybridized carbons (Fsp3) is 0.391. The minimum Gasteiger partial charge on any atom is -0.465 e. The monoisotopic (exact) mass is 364 g/mol. The van der Waals surface area contributed by atoms with Gasteiger partial charge >= 0.3 is 5.97 Å². The van der Waals surface area contributed by atoms with E-state index in [0.717, 1.165) is 24.8 Å². The van der Waals surface area contributed by atoms with Crippen LogP contribution in [-0.4, -0.2) is 30.1 Å². The summed E-state index contributed by atoms with van der Waals surface area (Å²) in [5.41, 5.74) is 3.12. The number of hydrogen-bond donors (Lipinski definition) is 1. The molecule has 3 atom stereocenters. The Bertz CT molecular complexity index is 873. The number of Topliss-reactive ketones (excluding diaryl/α,β-unsaturated/α-hetero) is 1. The molecule has 0 aromatic heterocycles. The van der Waals surface area contributed by atoms with Crippen LogP contribution in [0, 0.1) is 5.92 Å². The summed E-state index contributed by atoms with van der Waals surface area (Å²) in [6.45, 7) is 0. The summed E-state index contributed by atoms with van der Waals surface area (Å²) in [6, 6.07) is 15.7. The Morgan fingerprint density at radius 1 is 1.22 bits per heavy atom. The zero-order valence-electron chi connectivity index (χ0n) is 15.5. The largest absolute Gasteiger partial charge is 0.465 e. The molecule has 1 saturated carbocycles. The number of methoxy groups -OCH3 is 1. The summed E-state index contributed by atoms with van der Waals surface area (Å²) >= 11 is 0. The lowest BCUT2D eigenvalue weighted by molar-refractivity contribution is 0.0385. The first-order valence-electron chi connectivity index (χ1n) is 9.51. The first kappa shape index (κ1) is 17.9. The molecule has 4 rings (SSSR count). The highest BCUT2D eigenvalue weighted by Crippen LogP contribution is 2.52. The number of rotatable bonds is 3. The average Bonchev–Trinajstić information content (AvgIpc) is 2.69. The lowest BCUT2D eigenvalue weighted by Gasteiger charge is -2.49. The molecule has 0 aliphatic heterocycles. The van der Waals surface area contributed by atoms with Gasteiger partial charge in [-0.3, -0.25) is 4.79 Å². The van der Waals surface area contributed by atoms with Gasteiger partial charge in [-0.1, -0.05) is 36.4 Å². The van der Waals surface area contributed by atoms with Crippen molar-refractivity contribution < 1.29 is 19.4 Å². The van der Waals surface area contributed by atoms with Gasteiger partial charge in [0.2, 0.25) is 0 Å². The predicted molar refractivity (Wildman–Crippen MR) is 102 cm³/mol. The lowest BCUT2D eigenvalue weighted by atomic mass is 9.54. The highest BCUT2D eigenvalue weighted by molar-refractivity contribution is 6.02. The van der Waals surface area contributed by atoms with Gasteiger partial charge in [0.1, 0.15) is 0 Å². The smallest absolute Gasteiger partial charge is 0.337 e. The van der Waals surface area contributed by atoms with Gasteiger partial charge in [-0.2, -0.15) is 0 Å². The summed E-state index contributed by atoms with van der Waals surface area (Å²) in [5, 5.41) is 10.2. The number of aliphatic hydroxyl groups is 1. The summed E-state index contributed by atoms with van der Waals surface area (Å²) < 4.78 is 4.82. The molecule has 27 heavy (non-hydrogen) atoms. The van der Waals surface area contributed by atoms with Crippen LogP contribution in [0.1, 0.15) is 57.5 Å². The number of ketones is 1. The minimum absolute atomic E-state index is 0.0542. The third-order valence-corrected chi connectivity index (χ3v) is 6.33. The number of carbonyl (C=O) groups excluding carboxylic acids is 2. The zero-order valence-corrected chi connectivity index (χ0v) is 15.5. The first-order valence-corrected chi connectivity index (χ1v) is 9.51. The SMILES string of the molecule is COC(=O)c1ccc2c(c1)C(=O)CC1CC(O)CC[C@@]21Cc1ccccc1. The van der Waals surface area contributed by atoms with Crippen molar-refractivity contribution in [3.05, 3.63) is 70.8 Å². The van der Waals surface area contributed by atoms with E-state index in [9.17, 15) is 14.7 Å². The molecule has 2 aliphatic rings. The fourth-order valence-corrected chi connectivity index (χ4v) is 5.01. The Morgan fingerprint density at radius 3 is 2.74 bits per heavy atom. The molecule has 2 aliphatic carbocycles. The molecule has 2 unspecified atom stereocenters. The van der Waals surface area contributed by atoms with Crippen LogP contribution in [0.3, 0.4) is 0 Å². The number of aliphatic hydroxyl groups excluding tert-OH is 1. The number of hydrogen-bond acceptors (Lipinski definition) is 4. The molecule has 0 bridgehead atoms. The maximum atomic E-state index is 12.9. The number of carbonyl (C=O) groups is 2. The number of fused-ring (bicyclic) bond motifs is 3.